The normalized spacial score (nSPS) is 17.1. The van der Waals surface area contributed by atoms with Gasteiger partial charge in [-0.3, -0.25) is 4.79 Å². The van der Waals surface area contributed by atoms with Crippen LogP contribution in [0, 0.1) is 11.6 Å². The molecule has 0 saturated carbocycles. The van der Waals surface area contributed by atoms with Crippen LogP contribution in [0.25, 0.3) is 11.4 Å². The monoisotopic (exact) mass is 468 g/mol. The summed E-state index contributed by atoms with van der Waals surface area (Å²) < 4.78 is 29.6. The van der Waals surface area contributed by atoms with Crippen LogP contribution >= 0.6 is 0 Å². The molecule has 1 aliphatic carbocycles. The number of carbonyl (C=O) groups is 1. The molecule has 1 amide bonds. The Kier molecular flexibility index (Phi) is 7.38. The lowest BCUT2D eigenvalue weighted by Crippen LogP contribution is -2.48. The van der Waals surface area contributed by atoms with Crippen molar-refractivity contribution in [2.24, 2.45) is 7.05 Å². The van der Waals surface area contributed by atoms with E-state index in [-0.39, 0.29) is 24.9 Å². The molecule has 0 fully saturated rings. The third-order valence-electron chi connectivity index (χ3n) is 6.36. The predicted molar refractivity (Wildman–Crippen MR) is 126 cm³/mol. The molecular weight excluding hydrogens is 438 g/mol. The van der Waals surface area contributed by atoms with E-state index >= 15 is 0 Å². The first-order valence-electron chi connectivity index (χ1n) is 11.5. The molecule has 180 valence electrons. The summed E-state index contributed by atoms with van der Waals surface area (Å²) in [6.07, 6.45) is 5.73. The van der Waals surface area contributed by atoms with E-state index in [1.165, 1.54) is 24.6 Å². The summed E-state index contributed by atoms with van der Waals surface area (Å²) in [6.45, 7) is 1.42. The Morgan fingerprint density at radius 1 is 1.24 bits per heavy atom. The summed E-state index contributed by atoms with van der Waals surface area (Å²) in [5.41, 5.74) is 3.81. The van der Waals surface area contributed by atoms with Crippen LogP contribution in [-0.4, -0.2) is 39.3 Å². The Balaban J connectivity index is 1.62. The molecule has 0 saturated heterocycles. The number of nitrogens with zero attached hydrogens (tertiary/aromatic N) is 2. The number of aryl methyl sites for hydroxylation is 2. The van der Waals surface area contributed by atoms with Gasteiger partial charge in [0.25, 0.3) is 0 Å². The number of aromatic nitrogens is 2. The zero-order valence-electron chi connectivity index (χ0n) is 19.4. The highest BCUT2D eigenvalue weighted by Gasteiger charge is 2.28. The zero-order valence-corrected chi connectivity index (χ0v) is 19.4. The maximum absolute atomic E-state index is 13.8. The van der Waals surface area contributed by atoms with Gasteiger partial charge in [-0.1, -0.05) is 12.1 Å². The van der Waals surface area contributed by atoms with E-state index in [2.05, 4.69) is 33.8 Å². The van der Waals surface area contributed by atoms with Crippen molar-refractivity contribution in [2.75, 3.05) is 6.54 Å². The van der Waals surface area contributed by atoms with Crippen LogP contribution in [0.4, 0.5) is 8.78 Å². The molecule has 0 radical (unpaired) electrons. The fourth-order valence-electron chi connectivity index (χ4n) is 4.69. The maximum atomic E-state index is 13.8. The van der Waals surface area contributed by atoms with E-state index in [0.717, 1.165) is 42.3 Å². The second-order valence-electron chi connectivity index (χ2n) is 8.98. The standard InChI is InChI=1S/C26H30F2N4O2/c1-16(33)30-15-25(34)24(12-17-10-20(27)14-21(28)11-17)31-23-5-3-4-18-6-7-19(13-22(18)23)26-29-8-9-32(26)2/h6-11,13-14,23-25,31,34H,3-5,12,15H2,1-2H3,(H,30,33). The average molecular weight is 469 g/mol. The SMILES string of the molecule is CC(=O)NCC(O)C(Cc1cc(F)cc(F)c1)NC1CCCc2ccc(-c3nccn3C)cc21. The lowest BCUT2D eigenvalue weighted by molar-refractivity contribution is -0.119. The van der Waals surface area contributed by atoms with Gasteiger partial charge in [0.2, 0.25) is 5.91 Å². The molecule has 34 heavy (non-hydrogen) atoms. The van der Waals surface area contributed by atoms with E-state index < -0.39 is 23.8 Å². The summed E-state index contributed by atoms with van der Waals surface area (Å²) in [5.74, 6) is -0.706. The summed E-state index contributed by atoms with van der Waals surface area (Å²) in [4.78, 5) is 15.9. The highest BCUT2D eigenvalue weighted by atomic mass is 19.1. The number of nitrogens with one attached hydrogen (secondary N) is 2. The third kappa shape index (κ3) is 5.69. The highest BCUT2D eigenvalue weighted by Crippen LogP contribution is 2.33. The second-order valence-corrected chi connectivity index (χ2v) is 8.98. The molecule has 1 aromatic heterocycles. The van der Waals surface area contributed by atoms with Crippen LogP contribution in [-0.2, 0) is 24.7 Å². The highest BCUT2D eigenvalue weighted by molar-refractivity contribution is 5.72. The molecule has 0 bridgehead atoms. The van der Waals surface area contributed by atoms with Crippen LogP contribution in [0.1, 0.15) is 42.5 Å². The number of aliphatic hydroxyl groups excluding tert-OH is 1. The minimum absolute atomic E-state index is 0.0394. The molecule has 2 aromatic carbocycles. The molecule has 3 aromatic rings. The van der Waals surface area contributed by atoms with Crippen LogP contribution < -0.4 is 10.6 Å². The van der Waals surface area contributed by atoms with Crippen LogP contribution in [0.2, 0.25) is 0 Å². The molecule has 3 atom stereocenters. The number of imidazole rings is 1. The second kappa shape index (κ2) is 10.4. The average Bonchev–Trinajstić information content (AvgIpc) is 3.22. The van der Waals surface area contributed by atoms with Crippen LogP contribution in [0.5, 0.6) is 0 Å². The van der Waals surface area contributed by atoms with Gasteiger partial charge in [-0.15, -0.1) is 0 Å². The van der Waals surface area contributed by atoms with Crippen LogP contribution in [0.3, 0.4) is 0 Å². The number of rotatable bonds is 8. The molecule has 1 aliphatic rings. The molecule has 1 heterocycles. The number of fused-ring (bicyclic) bond motifs is 1. The number of amides is 1. The summed E-state index contributed by atoms with van der Waals surface area (Å²) in [7, 11) is 1.95. The van der Waals surface area contributed by atoms with Gasteiger partial charge in [-0.05, 0) is 60.6 Å². The van der Waals surface area contributed by atoms with Gasteiger partial charge >= 0.3 is 0 Å². The van der Waals surface area contributed by atoms with E-state index in [1.54, 1.807) is 6.20 Å². The number of aliphatic hydroxyl groups is 1. The molecule has 3 N–H and O–H groups in total. The van der Waals surface area contributed by atoms with Crippen molar-refractivity contribution in [1.82, 2.24) is 20.2 Å². The molecule has 0 spiro atoms. The van der Waals surface area contributed by atoms with Crippen molar-refractivity contribution < 1.29 is 18.7 Å². The van der Waals surface area contributed by atoms with Crippen molar-refractivity contribution >= 4 is 5.91 Å². The smallest absolute Gasteiger partial charge is 0.216 e. The van der Waals surface area contributed by atoms with Gasteiger partial charge in [0, 0.05) is 56.6 Å². The predicted octanol–water partition coefficient (Wildman–Crippen LogP) is 3.44. The summed E-state index contributed by atoms with van der Waals surface area (Å²) >= 11 is 0. The Morgan fingerprint density at radius 3 is 2.68 bits per heavy atom. The fourth-order valence-corrected chi connectivity index (χ4v) is 4.69. The molecule has 8 heteroatoms. The van der Waals surface area contributed by atoms with E-state index in [9.17, 15) is 18.7 Å². The molecule has 4 rings (SSSR count). The van der Waals surface area contributed by atoms with Crippen molar-refractivity contribution in [2.45, 2.75) is 50.8 Å². The fraction of sp³-hybridized carbons (Fsp3) is 0.385. The van der Waals surface area contributed by atoms with E-state index in [1.807, 2.05) is 17.8 Å². The minimum Gasteiger partial charge on any atom is -0.390 e. The van der Waals surface area contributed by atoms with Crippen molar-refractivity contribution in [3.05, 3.63) is 77.1 Å². The maximum Gasteiger partial charge on any atom is 0.216 e. The van der Waals surface area contributed by atoms with Crippen molar-refractivity contribution in [3.63, 3.8) is 0 Å². The number of hydrogen-bond donors (Lipinski definition) is 3. The quantitative estimate of drug-likeness (QED) is 0.473. The molecule has 3 unspecified atom stereocenters. The van der Waals surface area contributed by atoms with Gasteiger partial charge in [0.15, 0.2) is 0 Å². The topological polar surface area (TPSA) is 79.2 Å². The third-order valence-corrected chi connectivity index (χ3v) is 6.36. The van der Waals surface area contributed by atoms with E-state index in [0.29, 0.717) is 5.56 Å². The first-order valence-corrected chi connectivity index (χ1v) is 11.5. The van der Waals surface area contributed by atoms with Crippen molar-refractivity contribution in [1.29, 1.82) is 0 Å². The number of hydrogen-bond acceptors (Lipinski definition) is 4. The first-order chi connectivity index (χ1) is 16.3. The Hall–Kier alpha value is -3.10. The van der Waals surface area contributed by atoms with Gasteiger partial charge < -0.3 is 20.3 Å². The lowest BCUT2D eigenvalue weighted by Gasteiger charge is -2.33. The van der Waals surface area contributed by atoms with Gasteiger partial charge in [0.05, 0.1) is 6.10 Å². The number of carbonyl (C=O) groups excluding carboxylic acids is 1. The Morgan fingerprint density at radius 2 is 2.00 bits per heavy atom. The molecular formula is C26H30F2N4O2. The largest absolute Gasteiger partial charge is 0.390 e. The van der Waals surface area contributed by atoms with E-state index in [4.69, 9.17) is 0 Å². The molecule has 6 nitrogen and oxygen atoms in total. The molecule has 0 aliphatic heterocycles. The van der Waals surface area contributed by atoms with Gasteiger partial charge in [-0.2, -0.15) is 0 Å². The number of benzene rings is 2. The summed E-state index contributed by atoms with van der Waals surface area (Å²) in [5, 5.41) is 17.1. The Bertz CT molecular complexity index is 1140. The van der Waals surface area contributed by atoms with Gasteiger partial charge in [0.1, 0.15) is 17.5 Å². The van der Waals surface area contributed by atoms with Crippen molar-refractivity contribution in [3.8, 4) is 11.4 Å². The number of halogens is 2. The minimum atomic E-state index is -0.946. The van der Waals surface area contributed by atoms with Gasteiger partial charge in [-0.25, -0.2) is 13.8 Å². The first kappa shape index (κ1) is 24.0. The Labute approximate surface area is 198 Å². The lowest BCUT2D eigenvalue weighted by atomic mass is 9.85. The van der Waals surface area contributed by atoms with Crippen LogP contribution in [0.15, 0.2) is 48.8 Å². The zero-order chi connectivity index (χ0) is 24.2. The summed E-state index contributed by atoms with van der Waals surface area (Å²) in [6, 6.07) is 9.12.